The van der Waals surface area contributed by atoms with Gasteiger partial charge in [-0.05, 0) is 17.7 Å². The van der Waals surface area contributed by atoms with Gasteiger partial charge in [0.1, 0.15) is 0 Å². The molecule has 0 amide bonds. The quantitative estimate of drug-likeness (QED) is 0.269. The Morgan fingerprint density at radius 2 is 2.19 bits per heavy atom. The highest BCUT2D eigenvalue weighted by Gasteiger charge is 2.30. The summed E-state index contributed by atoms with van der Waals surface area (Å²) in [6.07, 6.45) is -3.57. The number of hydrogen-bond donors (Lipinski definition) is 0. The second-order valence-electron chi connectivity index (χ2n) is 2.69. The summed E-state index contributed by atoms with van der Waals surface area (Å²) in [5.41, 5.74) is 7.23. The van der Waals surface area contributed by atoms with E-state index < -0.39 is 11.7 Å². The number of hydrogen-bond acceptors (Lipinski definition) is 3. The molecule has 0 aliphatic rings. The lowest BCUT2D eigenvalue weighted by Gasteiger charge is -2.06. The van der Waals surface area contributed by atoms with Gasteiger partial charge in [-0.1, -0.05) is 5.11 Å². The van der Waals surface area contributed by atoms with Gasteiger partial charge in [0, 0.05) is 23.4 Å². The molecule has 0 atom stereocenters. The maximum Gasteiger partial charge on any atom is 0.417 e. The Morgan fingerprint density at radius 1 is 1.44 bits per heavy atom. The van der Waals surface area contributed by atoms with Gasteiger partial charge in [0.15, 0.2) is 0 Å². The van der Waals surface area contributed by atoms with Crippen LogP contribution >= 0.6 is 11.8 Å². The summed E-state index contributed by atoms with van der Waals surface area (Å²) < 4.78 is 36.5. The molecule has 0 aromatic carbocycles. The highest BCUT2D eigenvalue weighted by molar-refractivity contribution is 7.99. The predicted molar refractivity (Wildman–Crippen MR) is 54.0 cm³/mol. The van der Waals surface area contributed by atoms with Crippen molar-refractivity contribution in [2.24, 2.45) is 5.11 Å². The van der Waals surface area contributed by atoms with Crippen LogP contribution in [0, 0.1) is 0 Å². The van der Waals surface area contributed by atoms with Crippen LogP contribution in [-0.2, 0) is 6.18 Å². The van der Waals surface area contributed by atoms with E-state index in [1.807, 2.05) is 0 Å². The van der Waals surface area contributed by atoms with Gasteiger partial charge in [-0.15, -0.1) is 11.8 Å². The monoisotopic (exact) mass is 248 g/mol. The topological polar surface area (TPSA) is 61.7 Å². The first kappa shape index (κ1) is 12.7. The fourth-order valence-corrected chi connectivity index (χ4v) is 1.54. The zero-order valence-electron chi connectivity index (χ0n) is 7.98. The summed E-state index contributed by atoms with van der Waals surface area (Å²) >= 11 is 1.24. The van der Waals surface area contributed by atoms with Crippen LogP contribution in [0.25, 0.3) is 10.4 Å². The molecule has 8 heteroatoms. The number of halogens is 3. The third kappa shape index (κ3) is 4.00. The molecule has 0 saturated heterocycles. The van der Waals surface area contributed by atoms with Gasteiger partial charge in [-0.25, -0.2) is 4.98 Å². The number of azide groups is 1. The Bertz CT molecular complexity index is 383. The molecule has 16 heavy (non-hydrogen) atoms. The summed E-state index contributed by atoms with van der Waals surface area (Å²) in [6, 6.07) is 2.27. The van der Waals surface area contributed by atoms with Crippen LogP contribution in [0.3, 0.4) is 0 Å². The van der Waals surface area contributed by atoms with E-state index in [0.29, 0.717) is 10.8 Å². The van der Waals surface area contributed by atoms with Crippen LogP contribution in [-0.4, -0.2) is 17.3 Å². The Morgan fingerprint density at radius 3 is 2.69 bits per heavy atom. The first-order valence-electron chi connectivity index (χ1n) is 4.21. The molecule has 0 saturated carbocycles. The van der Waals surface area contributed by atoms with Gasteiger partial charge < -0.3 is 0 Å². The molecule has 0 spiro atoms. The summed E-state index contributed by atoms with van der Waals surface area (Å²) in [5.74, 6) is 0.489. The SMILES string of the molecule is [N-]=[N+]=NCCSc1ccc(C(F)(F)F)cn1. The zero-order chi connectivity index (χ0) is 12.0. The van der Waals surface area contributed by atoms with Crippen molar-refractivity contribution < 1.29 is 13.2 Å². The van der Waals surface area contributed by atoms with E-state index in [1.54, 1.807) is 0 Å². The lowest BCUT2D eigenvalue weighted by atomic mass is 10.3. The van der Waals surface area contributed by atoms with Crippen molar-refractivity contribution in [1.82, 2.24) is 4.98 Å². The van der Waals surface area contributed by atoms with Gasteiger partial charge in [0.25, 0.3) is 0 Å². The molecule has 0 unspecified atom stereocenters. The largest absolute Gasteiger partial charge is 0.417 e. The third-order valence-electron chi connectivity index (χ3n) is 1.57. The van der Waals surface area contributed by atoms with Crippen LogP contribution in [0.15, 0.2) is 28.5 Å². The smallest absolute Gasteiger partial charge is 0.249 e. The molecule has 0 aliphatic heterocycles. The molecule has 0 bridgehead atoms. The van der Waals surface area contributed by atoms with Gasteiger partial charge in [-0.3, -0.25) is 0 Å². The maximum absolute atomic E-state index is 12.2. The Balaban J connectivity index is 2.55. The summed E-state index contributed by atoms with van der Waals surface area (Å²) in [6.45, 7) is 0.282. The molecule has 1 rings (SSSR count). The maximum atomic E-state index is 12.2. The van der Waals surface area contributed by atoms with E-state index in [4.69, 9.17) is 5.53 Å². The lowest BCUT2D eigenvalue weighted by molar-refractivity contribution is -0.137. The number of rotatable bonds is 4. The van der Waals surface area contributed by atoms with E-state index in [1.165, 1.54) is 17.8 Å². The lowest BCUT2D eigenvalue weighted by Crippen LogP contribution is -2.05. The van der Waals surface area contributed by atoms with Crippen molar-refractivity contribution in [2.45, 2.75) is 11.2 Å². The number of thioether (sulfide) groups is 1. The Hall–Kier alpha value is -1.40. The molecule has 1 aromatic rings. The first-order valence-corrected chi connectivity index (χ1v) is 5.19. The number of alkyl halides is 3. The van der Waals surface area contributed by atoms with Crippen LogP contribution in [0.1, 0.15) is 5.56 Å². The van der Waals surface area contributed by atoms with Crippen molar-refractivity contribution >= 4 is 11.8 Å². The van der Waals surface area contributed by atoms with Crippen molar-refractivity contribution in [1.29, 1.82) is 0 Å². The van der Waals surface area contributed by atoms with E-state index >= 15 is 0 Å². The standard InChI is InChI=1S/C8H7F3N4S/c9-8(10,11)6-1-2-7(13-5-6)16-4-3-14-15-12/h1-2,5H,3-4H2. The average molecular weight is 248 g/mol. The Kier molecular flexibility index (Phi) is 4.45. The minimum atomic E-state index is -4.36. The molecule has 0 N–H and O–H groups in total. The fraction of sp³-hybridized carbons (Fsp3) is 0.375. The fourth-order valence-electron chi connectivity index (χ4n) is 0.869. The van der Waals surface area contributed by atoms with Crippen molar-refractivity contribution in [3.05, 3.63) is 34.3 Å². The molecule has 1 heterocycles. The van der Waals surface area contributed by atoms with Crippen LogP contribution in [0.2, 0.25) is 0 Å². The van der Waals surface area contributed by atoms with Crippen molar-refractivity contribution in [3.8, 4) is 0 Å². The molecule has 0 radical (unpaired) electrons. The van der Waals surface area contributed by atoms with E-state index in [9.17, 15) is 13.2 Å². The molecule has 4 nitrogen and oxygen atoms in total. The highest BCUT2D eigenvalue weighted by Crippen LogP contribution is 2.29. The molecule has 86 valence electrons. The van der Waals surface area contributed by atoms with Crippen molar-refractivity contribution in [3.63, 3.8) is 0 Å². The Labute approximate surface area is 93.5 Å². The normalized spacial score (nSPS) is 10.9. The summed E-state index contributed by atoms with van der Waals surface area (Å²) in [7, 11) is 0. The highest BCUT2D eigenvalue weighted by atomic mass is 32.2. The predicted octanol–water partition coefficient (Wildman–Crippen LogP) is 3.50. The molecule has 0 aliphatic carbocycles. The third-order valence-corrected chi connectivity index (χ3v) is 2.49. The summed E-state index contributed by atoms with van der Waals surface area (Å²) in [5, 5.41) is 3.77. The first-order chi connectivity index (χ1) is 7.54. The zero-order valence-corrected chi connectivity index (χ0v) is 8.79. The van der Waals surface area contributed by atoms with Crippen LogP contribution < -0.4 is 0 Å². The second-order valence-corrected chi connectivity index (χ2v) is 3.80. The number of nitrogens with zero attached hydrogens (tertiary/aromatic N) is 4. The van der Waals surface area contributed by atoms with Crippen molar-refractivity contribution in [2.75, 3.05) is 12.3 Å². The molecular weight excluding hydrogens is 241 g/mol. The van der Waals surface area contributed by atoms with Crippen LogP contribution in [0.5, 0.6) is 0 Å². The average Bonchev–Trinajstić information content (AvgIpc) is 2.24. The van der Waals surface area contributed by atoms with E-state index in [0.717, 1.165) is 12.3 Å². The summed E-state index contributed by atoms with van der Waals surface area (Å²) in [4.78, 5) is 6.21. The van der Waals surface area contributed by atoms with Gasteiger partial charge in [0.05, 0.1) is 10.6 Å². The van der Waals surface area contributed by atoms with Gasteiger partial charge in [0.2, 0.25) is 0 Å². The minimum absolute atomic E-state index is 0.282. The van der Waals surface area contributed by atoms with E-state index in [-0.39, 0.29) is 6.54 Å². The molecular formula is C8H7F3N4S. The minimum Gasteiger partial charge on any atom is -0.249 e. The second kappa shape index (κ2) is 5.62. The van der Waals surface area contributed by atoms with Crippen LogP contribution in [0.4, 0.5) is 13.2 Å². The van der Waals surface area contributed by atoms with Gasteiger partial charge >= 0.3 is 6.18 Å². The van der Waals surface area contributed by atoms with Gasteiger partial charge in [-0.2, -0.15) is 13.2 Å². The number of aromatic nitrogens is 1. The van der Waals surface area contributed by atoms with E-state index in [2.05, 4.69) is 15.0 Å². The number of pyridine rings is 1. The molecule has 1 aromatic heterocycles. The molecule has 0 fully saturated rings.